The first-order valence-electron chi connectivity index (χ1n) is 8.18. The van der Waals surface area contributed by atoms with Crippen LogP contribution in [0.25, 0.3) is 0 Å². The van der Waals surface area contributed by atoms with Crippen LogP contribution in [-0.2, 0) is 10.2 Å². The second-order valence-electron chi connectivity index (χ2n) is 6.74. The molecule has 2 N–H and O–H groups in total. The minimum Gasteiger partial charge on any atom is -0.391 e. The van der Waals surface area contributed by atoms with Crippen molar-refractivity contribution >= 4 is 5.91 Å². The zero-order valence-electron chi connectivity index (χ0n) is 12.8. The molecule has 0 aliphatic heterocycles. The molecule has 2 aliphatic rings. The summed E-state index contributed by atoms with van der Waals surface area (Å²) in [6.45, 7) is 2.07. The highest BCUT2D eigenvalue weighted by Crippen LogP contribution is 2.44. The topological polar surface area (TPSA) is 49.3 Å². The fourth-order valence-corrected chi connectivity index (χ4v) is 3.71. The third-order valence-electron chi connectivity index (χ3n) is 5.26. The summed E-state index contributed by atoms with van der Waals surface area (Å²) in [7, 11) is 0. The Morgan fingerprint density at radius 2 is 2.00 bits per heavy atom. The number of nitrogens with one attached hydrogen (secondary N) is 1. The van der Waals surface area contributed by atoms with Crippen molar-refractivity contribution in [1.29, 1.82) is 0 Å². The third-order valence-corrected chi connectivity index (χ3v) is 5.26. The van der Waals surface area contributed by atoms with Crippen molar-refractivity contribution in [2.45, 2.75) is 69.4 Å². The summed E-state index contributed by atoms with van der Waals surface area (Å²) in [5.74, 6) is 0.116. The average molecular weight is 287 g/mol. The van der Waals surface area contributed by atoms with Crippen LogP contribution in [0.1, 0.15) is 56.1 Å². The first-order valence-corrected chi connectivity index (χ1v) is 8.18. The molecule has 0 bridgehead atoms. The molecule has 0 heterocycles. The average Bonchev–Trinajstić information content (AvgIpc) is 2.40. The summed E-state index contributed by atoms with van der Waals surface area (Å²) < 4.78 is 0. The minimum absolute atomic E-state index is 0.0615. The molecule has 1 aromatic rings. The number of hydrogen-bond acceptors (Lipinski definition) is 2. The van der Waals surface area contributed by atoms with E-state index in [1.54, 1.807) is 0 Å². The van der Waals surface area contributed by atoms with E-state index in [1.807, 2.05) is 6.07 Å². The van der Waals surface area contributed by atoms with E-state index in [0.29, 0.717) is 0 Å². The normalized spacial score (nSPS) is 27.7. The summed E-state index contributed by atoms with van der Waals surface area (Å²) >= 11 is 0. The number of aliphatic hydroxyl groups excluding tert-OH is 1. The van der Waals surface area contributed by atoms with Gasteiger partial charge in [-0.2, -0.15) is 0 Å². The Morgan fingerprint density at radius 1 is 1.24 bits per heavy atom. The zero-order chi connectivity index (χ0) is 14.9. The Bertz CT molecular complexity index is 522. The van der Waals surface area contributed by atoms with Crippen LogP contribution in [0.15, 0.2) is 24.3 Å². The molecule has 1 aromatic carbocycles. The summed E-state index contributed by atoms with van der Waals surface area (Å²) in [6.07, 6.45) is 6.44. The largest absolute Gasteiger partial charge is 0.391 e. The van der Waals surface area contributed by atoms with E-state index < -0.39 is 0 Å². The van der Waals surface area contributed by atoms with Gasteiger partial charge in [0.2, 0.25) is 5.91 Å². The number of hydrogen-bond donors (Lipinski definition) is 2. The fraction of sp³-hybridized carbons (Fsp3) is 0.611. The molecule has 2 aliphatic carbocycles. The Balaban J connectivity index is 1.77. The number of rotatable bonds is 3. The summed E-state index contributed by atoms with van der Waals surface area (Å²) in [6, 6.07) is 8.25. The number of amides is 1. The van der Waals surface area contributed by atoms with Crippen LogP contribution in [0.5, 0.6) is 0 Å². The maximum absolute atomic E-state index is 12.9. The quantitative estimate of drug-likeness (QED) is 0.898. The Morgan fingerprint density at radius 3 is 2.62 bits per heavy atom. The lowest BCUT2D eigenvalue weighted by Gasteiger charge is -2.42. The van der Waals surface area contributed by atoms with Crippen LogP contribution < -0.4 is 5.32 Å². The molecule has 2 fully saturated rings. The lowest BCUT2D eigenvalue weighted by molar-refractivity contribution is -0.132. The van der Waals surface area contributed by atoms with Crippen LogP contribution in [-0.4, -0.2) is 23.2 Å². The Hall–Kier alpha value is -1.35. The lowest BCUT2D eigenvalue weighted by Crippen LogP contribution is -2.55. The van der Waals surface area contributed by atoms with E-state index in [2.05, 4.69) is 30.4 Å². The molecule has 3 nitrogen and oxygen atoms in total. The Kier molecular flexibility index (Phi) is 4.03. The zero-order valence-corrected chi connectivity index (χ0v) is 12.8. The van der Waals surface area contributed by atoms with Crippen molar-refractivity contribution in [3.63, 3.8) is 0 Å². The third kappa shape index (κ3) is 2.71. The number of benzene rings is 1. The van der Waals surface area contributed by atoms with Gasteiger partial charge in [-0.05, 0) is 38.2 Å². The summed E-state index contributed by atoms with van der Waals surface area (Å²) in [4.78, 5) is 12.9. The molecule has 1 amide bonds. The smallest absolute Gasteiger partial charge is 0.230 e. The summed E-state index contributed by atoms with van der Waals surface area (Å²) in [5.41, 5.74) is 1.98. The molecule has 3 rings (SSSR count). The van der Waals surface area contributed by atoms with Crippen LogP contribution in [0, 0.1) is 6.92 Å². The molecule has 0 aromatic heterocycles. The van der Waals surface area contributed by atoms with Gasteiger partial charge in [-0.25, -0.2) is 0 Å². The first-order chi connectivity index (χ1) is 10.1. The molecule has 2 saturated carbocycles. The van der Waals surface area contributed by atoms with Gasteiger partial charge in [0.1, 0.15) is 0 Å². The van der Waals surface area contributed by atoms with Crippen molar-refractivity contribution in [1.82, 2.24) is 5.32 Å². The van der Waals surface area contributed by atoms with E-state index in [1.165, 1.54) is 5.56 Å². The Labute approximate surface area is 126 Å². The van der Waals surface area contributed by atoms with Gasteiger partial charge >= 0.3 is 0 Å². The van der Waals surface area contributed by atoms with Crippen molar-refractivity contribution < 1.29 is 9.90 Å². The number of aryl methyl sites for hydroxylation is 1. The van der Waals surface area contributed by atoms with Gasteiger partial charge in [0.25, 0.3) is 0 Å². The molecule has 114 valence electrons. The van der Waals surface area contributed by atoms with Crippen molar-refractivity contribution in [2.75, 3.05) is 0 Å². The molecule has 0 radical (unpaired) electrons. The first kappa shape index (κ1) is 14.6. The second kappa shape index (κ2) is 5.80. The van der Waals surface area contributed by atoms with Gasteiger partial charge in [-0.15, -0.1) is 0 Å². The van der Waals surface area contributed by atoms with E-state index in [0.717, 1.165) is 50.5 Å². The highest BCUT2D eigenvalue weighted by molar-refractivity contribution is 5.89. The van der Waals surface area contributed by atoms with Gasteiger partial charge in [0.05, 0.1) is 17.6 Å². The van der Waals surface area contributed by atoms with Crippen molar-refractivity contribution in [3.05, 3.63) is 35.4 Å². The molecule has 3 heteroatoms. The minimum atomic E-state index is -0.377. The van der Waals surface area contributed by atoms with Crippen LogP contribution in [0.2, 0.25) is 0 Å². The molecule has 2 unspecified atom stereocenters. The van der Waals surface area contributed by atoms with Gasteiger partial charge in [-0.3, -0.25) is 4.79 Å². The molecule has 2 atom stereocenters. The van der Waals surface area contributed by atoms with Crippen LogP contribution in [0.3, 0.4) is 0 Å². The molecule has 21 heavy (non-hydrogen) atoms. The van der Waals surface area contributed by atoms with E-state index in [-0.39, 0.29) is 23.5 Å². The fourth-order valence-electron chi connectivity index (χ4n) is 3.71. The monoisotopic (exact) mass is 287 g/mol. The van der Waals surface area contributed by atoms with E-state index in [4.69, 9.17) is 0 Å². The van der Waals surface area contributed by atoms with Crippen molar-refractivity contribution in [2.24, 2.45) is 0 Å². The SMILES string of the molecule is Cc1cccc(C2(C(=O)NC3CCCCC3O)CCC2)c1. The standard InChI is InChI=1S/C18H25NO2/c1-13-6-4-7-14(12-13)18(10-5-11-18)17(21)19-15-8-2-3-9-16(15)20/h4,6-7,12,15-16,20H,2-3,5,8-11H2,1H3,(H,19,21). The number of carbonyl (C=O) groups excluding carboxylic acids is 1. The van der Waals surface area contributed by atoms with E-state index >= 15 is 0 Å². The van der Waals surface area contributed by atoms with Crippen LogP contribution >= 0.6 is 0 Å². The van der Waals surface area contributed by atoms with E-state index in [9.17, 15) is 9.90 Å². The maximum Gasteiger partial charge on any atom is 0.230 e. The number of aliphatic hydroxyl groups is 1. The second-order valence-corrected chi connectivity index (χ2v) is 6.74. The van der Waals surface area contributed by atoms with Gasteiger partial charge in [0.15, 0.2) is 0 Å². The maximum atomic E-state index is 12.9. The van der Waals surface area contributed by atoms with Crippen molar-refractivity contribution in [3.8, 4) is 0 Å². The van der Waals surface area contributed by atoms with Crippen LogP contribution in [0.4, 0.5) is 0 Å². The summed E-state index contributed by atoms with van der Waals surface area (Å²) in [5, 5.41) is 13.2. The van der Waals surface area contributed by atoms with Gasteiger partial charge in [0, 0.05) is 0 Å². The highest BCUT2D eigenvalue weighted by Gasteiger charge is 2.46. The molecule has 0 saturated heterocycles. The molecule has 0 spiro atoms. The molecular weight excluding hydrogens is 262 g/mol. The van der Waals surface area contributed by atoms with Gasteiger partial charge < -0.3 is 10.4 Å². The molecular formula is C18H25NO2. The van der Waals surface area contributed by atoms with Gasteiger partial charge in [-0.1, -0.05) is 49.1 Å². The number of carbonyl (C=O) groups is 1. The highest BCUT2D eigenvalue weighted by atomic mass is 16.3. The predicted octanol–water partition coefficient (Wildman–Crippen LogP) is 2.84. The lowest BCUT2D eigenvalue weighted by atomic mass is 9.63. The predicted molar refractivity (Wildman–Crippen MR) is 83.1 cm³/mol.